The zero-order valence-electron chi connectivity index (χ0n) is 13.0. The molecular formula is C15H22N6S. The maximum absolute atomic E-state index is 4.70. The van der Waals surface area contributed by atoms with Crippen LogP contribution in [0, 0.1) is 6.92 Å². The number of thioether (sulfide) groups is 1. The second kappa shape index (κ2) is 6.04. The molecule has 2 aliphatic rings. The fourth-order valence-electron chi connectivity index (χ4n) is 3.46. The van der Waals surface area contributed by atoms with Gasteiger partial charge in [-0.2, -0.15) is 16.3 Å². The fourth-order valence-corrected chi connectivity index (χ4v) is 4.39. The summed E-state index contributed by atoms with van der Waals surface area (Å²) in [7, 11) is 0. The topological polar surface area (TPSA) is 49.6 Å². The Labute approximate surface area is 134 Å². The number of anilines is 1. The molecule has 0 spiro atoms. The molecule has 7 heteroatoms. The van der Waals surface area contributed by atoms with Crippen LogP contribution in [-0.4, -0.2) is 68.4 Å². The minimum Gasteiger partial charge on any atom is -0.355 e. The van der Waals surface area contributed by atoms with Gasteiger partial charge in [0.2, 0.25) is 0 Å². The molecule has 0 N–H and O–H groups in total. The Bertz CT molecular complexity index is 643. The van der Waals surface area contributed by atoms with Crippen molar-refractivity contribution in [2.75, 3.05) is 42.6 Å². The molecule has 6 nitrogen and oxygen atoms in total. The van der Waals surface area contributed by atoms with Crippen molar-refractivity contribution in [3.8, 4) is 0 Å². The van der Waals surface area contributed by atoms with E-state index in [-0.39, 0.29) is 0 Å². The second-order valence-electron chi connectivity index (χ2n) is 6.08. The van der Waals surface area contributed by atoms with Gasteiger partial charge in [-0.05, 0) is 31.9 Å². The third-order valence-corrected chi connectivity index (χ3v) is 5.70. The Morgan fingerprint density at radius 2 is 1.82 bits per heavy atom. The number of aromatic nitrogens is 4. The zero-order chi connectivity index (χ0) is 14.9. The van der Waals surface area contributed by atoms with Crippen LogP contribution in [0.4, 0.5) is 5.82 Å². The highest BCUT2D eigenvalue weighted by atomic mass is 32.2. The maximum Gasteiger partial charge on any atom is 0.178 e. The van der Waals surface area contributed by atoms with Gasteiger partial charge in [-0.1, -0.05) is 0 Å². The van der Waals surface area contributed by atoms with E-state index in [9.17, 15) is 0 Å². The normalized spacial score (nSPS) is 21.6. The summed E-state index contributed by atoms with van der Waals surface area (Å²) < 4.78 is 1.84. The summed E-state index contributed by atoms with van der Waals surface area (Å²) in [5.41, 5.74) is 0.821. The number of hydrogen-bond donors (Lipinski definition) is 0. The van der Waals surface area contributed by atoms with Gasteiger partial charge in [0.05, 0.1) is 0 Å². The van der Waals surface area contributed by atoms with E-state index in [1.807, 2.05) is 17.5 Å². The van der Waals surface area contributed by atoms with E-state index in [0.29, 0.717) is 0 Å². The van der Waals surface area contributed by atoms with Gasteiger partial charge in [0.1, 0.15) is 5.82 Å². The van der Waals surface area contributed by atoms with E-state index in [1.54, 1.807) is 0 Å². The standard InChI is InChI=1S/C15H22N6S/c1-12-16-17-14-2-3-15(18-21(12)14)20-6-4-13(5-7-20)19-8-10-22-11-9-19/h2-3,13H,4-11H2,1H3. The highest BCUT2D eigenvalue weighted by Gasteiger charge is 2.26. The SMILES string of the molecule is Cc1nnc2ccc(N3CCC(N4CCSCC4)CC3)nn12. The lowest BCUT2D eigenvalue weighted by Gasteiger charge is -2.40. The minimum absolute atomic E-state index is 0.762. The third-order valence-electron chi connectivity index (χ3n) is 4.76. The van der Waals surface area contributed by atoms with Crippen molar-refractivity contribution in [3.63, 3.8) is 0 Å². The van der Waals surface area contributed by atoms with Crippen molar-refractivity contribution >= 4 is 23.2 Å². The number of aryl methyl sites for hydroxylation is 1. The highest BCUT2D eigenvalue weighted by molar-refractivity contribution is 7.99. The first kappa shape index (κ1) is 14.3. The third kappa shape index (κ3) is 2.67. The van der Waals surface area contributed by atoms with Crippen molar-refractivity contribution in [1.29, 1.82) is 0 Å². The van der Waals surface area contributed by atoms with Crippen molar-refractivity contribution in [2.24, 2.45) is 0 Å². The van der Waals surface area contributed by atoms with Crippen LogP contribution in [0.2, 0.25) is 0 Å². The number of piperidine rings is 1. The predicted molar refractivity (Wildman–Crippen MR) is 89.7 cm³/mol. The Hall–Kier alpha value is -1.34. The Kier molecular flexibility index (Phi) is 3.92. The second-order valence-corrected chi connectivity index (χ2v) is 7.30. The first-order chi connectivity index (χ1) is 10.8. The number of rotatable bonds is 2. The molecule has 118 valence electrons. The van der Waals surface area contributed by atoms with Gasteiger partial charge in [0.15, 0.2) is 11.5 Å². The maximum atomic E-state index is 4.70. The molecule has 0 aromatic carbocycles. The molecule has 4 heterocycles. The van der Waals surface area contributed by atoms with Gasteiger partial charge < -0.3 is 4.90 Å². The van der Waals surface area contributed by atoms with Crippen molar-refractivity contribution in [2.45, 2.75) is 25.8 Å². The Balaban J connectivity index is 1.44. The summed E-state index contributed by atoms with van der Waals surface area (Å²) in [6, 6.07) is 4.84. The summed E-state index contributed by atoms with van der Waals surface area (Å²) in [6.07, 6.45) is 2.48. The molecule has 2 fully saturated rings. The summed E-state index contributed by atoms with van der Waals surface area (Å²) in [4.78, 5) is 5.09. The lowest BCUT2D eigenvalue weighted by Crippen LogP contribution is -2.48. The van der Waals surface area contributed by atoms with Gasteiger partial charge in [0.25, 0.3) is 0 Å². The molecule has 2 aromatic heterocycles. The van der Waals surface area contributed by atoms with Crippen LogP contribution >= 0.6 is 11.8 Å². The van der Waals surface area contributed by atoms with Gasteiger partial charge in [-0.3, -0.25) is 4.90 Å². The van der Waals surface area contributed by atoms with E-state index >= 15 is 0 Å². The number of nitrogens with zero attached hydrogens (tertiary/aromatic N) is 6. The molecular weight excluding hydrogens is 296 g/mol. The van der Waals surface area contributed by atoms with E-state index < -0.39 is 0 Å². The highest BCUT2D eigenvalue weighted by Crippen LogP contribution is 2.23. The zero-order valence-corrected chi connectivity index (χ0v) is 13.8. The van der Waals surface area contributed by atoms with Crippen molar-refractivity contribution in [1.82, 2.24) is 24.7 Å². The summed E-state index contributed by atoms with van der Waals surface area (Å²) in [5, 5.41) is 12.9. The average molecular weight is 318 g/mol. The van der Waals surface area contributed by atoms with Gasteiger partial charge in [-0.15, -0.1) is 15.3 Å². The molecule has 0 aliphatic carbocycles. The molecule has 0 saturated carbocycles. The smallest absolute Gasteiger partial charge is 0.178 e. The molecule has 0 unspecified atom stereocenters. The molecule has 2 aliphatic heterocycles. The quantitative estimate of drug-likeness (QED) is 0.835. The minimum atomic E-state index is 0.762. The van der Waals surface area contributed by atoms with E-state index in [2.05, 4.69) is 37.8 Å². The van der Waals surface area contributed by atoms with Crippen molar-refractivity contribution in [3.05, 3.63) is 18.0 Å². The summed E-state index contributed by atoms with van der Waals surface area (Å²) >= 11 is 2.09. The average Bonchev–Trinajstić information content (AvgIpc) is 2.96. The fraction of sp³-hybridized carbons (Fsp3) is 0.667. The van der Waals surface area contributed by atoms with Crippen LogP contribution in [0.15, 0.2) is 12.1 Å². The lowest BCUT2D eigenvalue weighted by atomic mass is 10.0. The predicted octanol–water partition coefficient (Wildman–Crippen LogP) is 1.45. The lowest BCUT2D eigenvalue weighted by molar-refractivity contribution is 0.185. The molecule has 2 aromatic rings. The first-order valence-corrected chi connectivity index (χ1v) is 9.22. The van der Waals surface area contributed by atoms with E-state index in [4.69, 9.17) is 5.10 Å². The Morgan fingerprint density at radius 1 is 1.05 bits per heavy atom. The first-order valence-electron chi connectivity index (χ1n) is 8.07. The van der Waals surface area contributed by atoms with Crippen LogP contribution in [0.1, 0.15) is 18.7 Å². The molecule has 0 atom stereocenters. The van der Waals surface area contributed by atoms with E-state index in [0.717, 1.165) is 36.4 Å². The summed E-state index contributed by atoms with van der Waals surface area (Å²) in [5.74, 6) is 4.48. The molecule has 2 saturated heterocycles. The van der Waals surface area contributed by atoms with Gasteiger partial charge >= 0.3 is 0 Å². The van der Waals surface area contributed by atoms with Crippen LogP contribution < -0.4 is 4.90 Å². The van der Waals surface area contributed by atoms with Crippen LogP contribution in [0.3, 0.4) is 0 Å². The molecule has 4 rings (SSSR count). The monoisotopic (exact) mass is 318 g/mol. The van der Waals surface area contributed by atoms with Crippen molar-refractivity contribution < 1.29 is 0 Å². The van der Waals surface area contributed by atoms with Crippen LogP contribution in [0.5, 0.6) is 0 Å². The number of hydrogen-bond acceptors (Lipinski definition) is 6. The van der Waals surface area contributed by atoms with Gasteiger partial charge in [-0.25, -0.2) is 0 Å². The van der Waals surface area contributed by atoms with Crippen LogP contribution in [0.25, 0.3) is 5.65 Å². The van der Waals surface area contributed by atoms with Crippen LogP contribution in [-0.2, 0) is 0 Å². The molecule has 0 amide bonds. The number of fused-ring (bicyclic) bond motifs is 1. The molecule has 0 radical (unpaired) electrons. The largest absolute Gasteiger partial charge is 0.355 e. The Morgan fingerprint density at radius 3 is 2.59 bits per heavy atom. The molecule has 0 bridgehead atoms. The van der Waals surface area contributed by atoms with Gasteiger partial charge in [0, 0.05) is 43.7 Å². The summed E-state index contributed by atoms with van der Waals surface area (Å²) in [6.45, 7) is 6.65. The van der Waals surface area contributed by atoms with E-state index in [1.165, 1.54) is 37.4 Å². The molecule has 22 heavy (non-hydrogen) atoms.